The Morgan fingerprint density at radius 3 is 2.45 bits per heavy atom. The van der Waals surface area contributed by atoms with Crippen LogP contribution in [0, 0.1) is 19.8 Å². The third kappa shape index (κ3) is 4.44. The summed E-state index contributed by atoms with van der Waals surface area (Å²) >= 11 is 0. The number of ether oxygens (including phenoxy) is 1. The van der Waals surface area contributed by atoms with Crippen molar-refractivity contribution in [1.29, 1.82) is 0 Å². The van der Waals surface area contributed by atoms with Gasteiger partial charge in [-0.25, -0.2) is 0 Å². The minimum Gasteiger partial charge on any atom is -0.495 e. The average Bonchev–Trinajstić information content (AvgIpc) is 3.05. The van der Waals surface area contributed by atoms with Gasteiger partial charge in [0.05, 0.1) is 18.7 Å². The highest BCUT2D eigenvalue weighted by molar-refractivity contribution is 6.04. The number of nitrogens with one attached hydrogen (secondary N) is 1. The van der Waals surface area contributed by atoms with Gasteiger partial charge in [0, 0.05) is 18.7 Å². The lowest BCUT2D eigenvalue weighted by Gasteiger charge is -2.22. The van der Waals surface area contributed by atoms with E-state index in [0.717, 1.165) is 16.8 Å². The third-order valence-corrected chi connectivity index (χ3v) is 5.62. The number of anilines is 2. The molecule has 3 rings (SSSR count). The molecule has 0 unspecified atom stereocenters. The predicted octanol–water partition coefficient (Wildman–Crippen LogP) is 4.60. The van der Waals surface area contributed by atoms with Gasteiger partial charge in [0.1, 0.15) is 5.75 Å². The molecule has 0 saturated carbocycles. The summed E-state index contributed by atoms with van der Waals surface area (Å²) in [4.78, 5) is 27.2. The SMILES string of the molecule is COc1ccc(C(C)(C)C)cc1NC(=O)[C@@H]1CC(=O)N(c2ccc(C)c(C)c2)C1. The molecule has 154 valence electrons. The first-order valence-electron chi connectivity index (χ1n) is 9.97. The van der Waals surface area contributed by atoms with Crippen molar-refractivity contribution in [2.75, 3.05) is 23.9 Å². The molecule has 1 heterocycles. The Balaban J connectivity index is 1.78. The van der Waals surface area contributed by atoms with Crippen molar-refractivity contribution >= 4 is 23.2 Å². The topological polar surface area (TPSA) is 58.6 Å². The molecule has 0 aromatic heterocycles. The number of hydrogen-bond donors (Lipinski definition) is 1. The number of nitrogens with zero attached hydrogens (tertiary/aromatic N) is 1. The second-order valence-electron chi connectivity index (χ2n) is 8.83. The van der Waals surface area contributed by atoms with Crippen molar-refractivity contribution < 1.29 is 14.3 Å². The zero-order chi connectivity index (χ0) is 21.3. The smallest absolute Gasteiger partial charge is 0.229 e. The molecule has 2 amide bonds. The van der Waals surface area contributed by atoms with E-state index in [1.165, 1.54) is 5.56 Å². The number of rotatable bonds is 4. The monoisotopic (exact) mass is 394 g/mol. The highest BCUT2D eigenvalue weighted by atomic mass is 16.5. The Kier molecular flexibility index (Phi) is 5.69. The fourth-order valence-corrected chi connectivity index (χ4v) is 3.53. The Labute approximate surface area is 173 Å². The maximum absolute atomic E-state index is 12.9. The largest absolute Gasteiger partial charge is 0.495 e. The molecular weight excluding hydrogens is 364 g/mol. The van der Waals surface area contributed by atoms with E-state index in [9.17, 15) is 9.59 Å². The maximum Gasteiger partial charge on any atom is 0.229 e. The van der Waals surface area contributed by atoms with Crippen LogP contribution < -0.4 is 15.0 Å². The normalized spacial score (nSPS) is 16.8. The summed E-state index contributed by atoms with van der Waals surface area (Å²) in [5, 5.41) is 2.99. The molecule has 1 aliphatic heterocycles. The van der Waals surface area contributed by atoms with E-state index in [-0.39, 0.29) is 23.7 Å². The van der Waals surface area contributed by atoms with Crippen molar-refractivity contribution in [2.45, 2.75) is 46.5 Å². The van der Waals surface area contributed by atoms with Gasteiger partial charge >= 0.3 is 0 Å². The van der Waals surface area contributed by atoms with Crippen LogP contribution in [0.2, 0.25) is 0 Å². The fraction of sp³-hybridized carbons (Fsp3) is 0.417. The molecule has 1 atom stereocenters. The third-order valence-electron chi connectivity index (χ3n) is 5.62. The molecule has 1 fully saturated rings. The van der Waals surface area contributed by atoms with Crippen LogP contribution in [-0.2, 0) is 15.0 Å². The zero-order valence-electron chi connectivity index (χ0n) is 18.1. The van der Waals surface area contributed by atoms with E-state index in [1.807, 2.05) is 50.2 Å². The van der Waals surface area contributed by atoms with Crippen LogP contribution in [0.25, 0.3) is 0 Å². The van der Waals surface area contributed by atoms with Gasteiger partial charge in [-0.1, -0.05) is 32.9 Å². The fourth-order valence-electron chi connectivity index (χ4n) is 3.53. The molecule has 0 radical (unpaired) electrons. The molecular formula is C24H30N2O3. The van der Waals surface area contributed by atoms with Crippen LogP contribution >= 0.6 is 0 Å². The number of carbonyl (C=O) groups excluding carboxylic acids is 2. The van der Waals surface area contributed by atoms with E-state index in [1.54, 1.807) is 12.0 Å². The first kappa shape index (κ1) is 20.9. The first-order chi connectivity index (χ1) is 13.6. The molecule has 2 aromatic carbocycles. The lowest BCUT2D eigenvalue weighted by atomic mass is 9.86. The molecule has 5 nitrogen and oxygen atoms in total. The van der Waals surface area contributed by atoms with Crippen molar-refractivity contribution in [1.82, 2.24) is 0 Å². The molecule has 0 aliphatic carbocycles. The maximum atomic E-state index is 12.9. The van der Waals surface area contributed by atoms with Gasteiger partial charge in [-0.2, -0.15) is 0 Å². The summed E-state index contributed by atoms with van der Waals surface area (Å²) in [6.07, 6.45) is 0.208. The lowest BCUT2D eigenvalue weighted by molar-refractivity contribution is -0.122. The van der Waals surface area contributed by atoms with Crippen LogP contribution in [0.4, 0.5) is 11.4 Å². The molecule has 5 heteroatoms. The Morgan fingerprint density at radius 2 is 1.83 bits per heavy atom. The molecule has 0 bridgehead atoms. The molecule has 1 saturated heterocycles. The summed E-state index contributed by atoms with van der Waals surface area (Å²) in [7, 11) is 1.59. The second-order valence-corrected chi connectivity index (χ2v) is 8.83. The van der Waals surface area contributed by atoms with Crippen LogP contribution in [0.15, 0.2) is 36.4 Å². The number of aryl methyl sites for hydroxylation is 2. The first-order valence-corrected chi connectivity index (χ1v) is 9.97. The summed E-state index contributed by atoms with van der Waals surface area (Å²) in [5.41, 5.74) is 4.86. The summed E-state index contributed by atoms with van der Waals surface area (Å²) < 4.78 is 5.42. The van der Waals surface area contributed by atoms with Gasteiger partial charge in [-0.15, -0.1) is 0 Å². The Hall–Kier alpha value is -2.82. The Bertz CT molecular complexity index is 944. The van der Waals surface area contributed by atoms with Crippen LogP contribution in [0.1, 0.15) is 43.9 Å². The second kappa shape index (κ2) is 7.90. The molecule has 1 aliphatic rings. The van der Waals surface area contributed by atoms with E-state index < -0.39 is 5.92 Å². The van der Waals surface area contributed by atoms with Crippen molar-refractivity contribution in [3.63, 3.8) is 0 Å². The van der Waals surface area contributed by atoms with E-state index in [4.69, 9.17) is 4.74 Å². The van der Waals surface area contributed by atoms with Crippen LogP contribution in [0.5, 0.6) is 5.75 Å². The van der Waals surface area contributed by atoms with E-state index in [2.05, 4.69) is 26.1 Å². The molecule has 29 heavy (non-hydrogen) atoms. The van der Waals surface area contributed by atoms with Gasteiger partial charge in [-0.05, 0) is 60.2 Å². The highest BCUT2D eigenvalue weighted by Crippen LogP contribution is 2.33. The number of amides is 2. The van der Waals surface area contributed by atoms with E-state index in [0.29, 0.717) is 18.0 Å². The number of carbonyl (C=O) groups is 2. The number of methoxy groups -OCH3 is 1. The van der Waals surface area contributed by atoms with Crippen molar-refractivity contribution in [3.8, 4) is 5.75 Å². The van der Waals surface area contributed by atoms with E-state index >= 15 is 0 Å². The van der Waals surface area contributed by atoms with Crippen molar-refractivity contribution in [2.24, 2.45) is 5.92 Å². The van der Waals surface area contributed by atoms with Gasteiger partial charge in [-0.3, -0.25) is 9.59 Å². The van der Waals surface area contributed by atoms with Crippen molar-refractivity contribution in [3.05, 3.63) is 53.1 Å². The number of benzene rings is 2. The highest BCUT2D eigenvalue weighted by Gasteiger charge is 2.35. The summed E-state index contributed by atoms with van der Waals surface area (Å²) in [6, 6.07) is 11.8. The van der Waals surface area contributed by atoms with Crippen LogP contribution in [-0.4, -0.2) is 25.5 Å². The average molecular weight is 395 g/mol. The standard InChI is InChI=1S/C24H30N2O3/c1-15-7-9-19(11-16(15)2)26-14-17(12-22(26)27)23(28)25-20-13-18(24(3,4)5)8-10-21(20)29-6/h7-11,13,17H,12,14H2,1-6H3,(H,25,28)/t17-/m1/s1. The predicted molar refractivity (Wildman–Crippen MR) is 117 cm³/mol. The Morgan fingerprint density at radius 1 is 1.10 bits per heavy atom. The minimum atomic E-state index is -0.396. The molecule has 0 spiro atoms. The zero-order valence-corrected chi connectivity index (χ0v) is 18.1. The van der Waals surface area contributed by atoms with Gasteiger partial charge in [0.25, 0.3) is 0 Å². The van der Waals surface area contributed by atoms with Gasteiger partial charge in [0.15, 0.2) is 0 Å². The summed E-state index contributed by atoms with van der Waals surface area (Å²) in [6.45, 7) is 10.8. The van der Waals surface area contributed by atoms with Crippen LogP contribution in [0.3, 0.4) is 0 Å². The molecule has 1 N–H and O–H groups in total. The van der Waals surface area contributed by atoms with Gasteiger partial charge in [0.2, 0.25) is 11.8 Å². The van der Waals surface area contributed by atoms with Gasteiger partial charge < -0.3 is 15.0 Å². The number of hydrogen-bond acceptors (Lipinski definition) is 3. The molecule has 2 aromatic rings. The quantitative estimate of drug-likeness (QED) is 0.824. The summed E-state index contributed by atoms with van der Waals surface area (Å²) in [5.74, 6) is 0.0339. The lowest BCUT2D eigenvalue weighted by Crippen LogP contribution is -2.28. The minimum absolute atomic E-state index is 0.0242.